The first-order chi connectivity index (χ1) is 61.2. The van der Waals surface area contributed by atoms with E-state index in [1.54, 1.807) is 11.9 Å². The molecule has 0 aliphatic carbocycles. The molecule has 2 aliphatic heterocycles. The van der Waals surface area contributed by atoms with E-state index < -0.39 is 12.1 Å². The summed E-state index contributed by atoms with van der Waals surface area (Å²) in [5, 5.41) is 29.2. The fraction of sp³-hybridized carbons (Fsp3) is 0.545. The second kappa shape index (κ2) is 65.3. The molecule has 0 spiro atoms. The number of carboxylic acid groups (broad SMARTS) is 1. The number of rotatable bonds is 38. The zero-order valence-electron chi connectivity index (χ0n) is 82.0. The third-order valence-corrected chi connectivity index (χ3v) is 25.1. The lowest BCUT2D eigenvalue weighted by Crippen LogP contribution is -2.44. The topological polar surface area (TPSA) is 256 Å². The third-order valence-electron chi connectivity index (χ3n) is 24.4. The van der Waals surface area contributed by atoms with Crippen molar-refractivity contribution in [2.45, 2.75) is 216 Å². The zero-order valence-corrected chi connectivity index (χ0v) is 83.6. The molecule has 0 aromatic heterocycles. The van der Waals surface area contributed by atoms with E-state index in [1.807, 2.05) is 174 Å². The number of carbonyl (C=O) groups is 8. The highest BCUT2D eigenvalue weighted by Gasteiger charge is 2.39. The van der Waals surface area contributed by atoms with Gasteiger partial charge in [-0.15, -0.1) is 0 Å². The molecule has 13 atom stereocenters. The number of carboxylic acids is 1. The van der Waals surface area contributed by atoms with Crippen molar-refractivity contribution in [3.63, 3.8) is 0 Å². The Morgan fingerprint density at radius 2 is 0.814 bits per heavy atom. The number of ether oxygens (including phenoxy) is 6. The van der Waals surface area contributed by atoms with Gasteiger partial charge in [-0.1, -0.05) is 346 Å². The Balaban J connectivity index is 0.000000506. The van der Waals surface area contributed by atoms with Crippen LogP contribution in [0.5, 0.6) is 0 Å². The van der Waals surface area contributed by atoms with Crippen LogP contribution in [-0.4, -0.2) is 133 Å². The highest BCUT2D eigenvalue weighted by Crippen LogP contribution is 2.34. The Morgan fingerprint density at radius 3 is 1.14 bits per heavy atom. The Bertz CT molecular complexity index is 4150. The Labute approximate surface area is 784 Å². The first-order valence-corrected chi connectivity index (χ1v) is 47.9. The third kappa shape index (κ3) is 47.4. The van der Waals surface area contributed by atoms with Crippen LogP contribution < -0.4 is 0 Å². The van der Waals surface area contributed by atoms with Crippen molar-refractivity contribution in [3.8, 4) is 0 Å². The van der Waals surface area contributed by atoms with Crippen LogP contribution in [0.25, 0.3) is 0 Å². The van der Waals surface area contributed by atoms with E-state index in [4.69, 9.17) is 38.6 Å². The van der Waals surface area contributed by atoms with E-state index in [-0.39, 0.29) is 109 Å². The number of halogens is 1. The molecule has 0 bridgehead atoms. The van der Waals surface area contributed by atoms with Gasteiger partial charge in [-0.05, 0) is 169 Å². The second-order valence-electron chi connectivity index (χ2n) is 36.9. The quantitative estimate of drug-likeness (QED) is 0.0185. The molecule has 0 saturated carbocycles. The van der Waals surface area contributed by atoms with Crippen molar-refractivity contribution in [1.29, 1.82) is 0 Å². The summed E-state index contributed by atoms with van der Waals surface area (Å²) in [6.07, 6.45) is 4.95. The molecule has 18 nitrogen and oxygen atoms in total. The van der Waals surface area contributed by atoms with Crippen LogP contribution in [0.15, 0.2) is 212 Å². The maximum atomic E-state index is 13.1. The number of nitrogens with zero attached hydrogens (tertiary/aromatic N) is 1. The minimum Gasteiger partial charge on any atom is -0.481 e. The average molecular weight is 1850 g/mol. The number of alkyl halides is 1. The number of cyclic esters (lactones) is 2. The summed E-state index contributed by atoms with van der Waals surface area (Å²) in [5.41, 5.74) is 8.22. The summed E-state index contributed by atoms with van der Waals surface area (Å²) in [6.45, 7) is 47.4. The molecule has 3 N–H and O–H groups in total. The predicted octanol–water partition coefficient (Wildman–Crippen LogP) is 22.6. The van der Waals surface area contributed by atoms with Crippen LogP contribution in [-0.2, 0) is 105 Å². The van der Waals surface area contributed by atoms with E-state index in [2.05, 4.69) is 193 Å². The smallest absolute Gasteiger partial charge is 0.309 e. The fourth-order valence-corrected chi connectivity index (χ4v) is 15.9. The number of aliphatic hydroxyl groups excluding tert-OH is 2. The van der Waals surface area contributed by atoms with Crippen LogP contribution in [0.4, 0.5) is 0 Å². The maximum Gasteiger partial charge on any atom is 0.309 e. The van der Waals surface area contributed by atoms with Crippen molar-refractivity contribution < 1.29 is 82.1 Å². The molecule has 7 aromatic carbocycles. The molecule has 9 rings (SSSR count). The number of hydrogen-bond acceptors (Lipinski definition) is 16. The van der Waals surface area contributed by atoms with Crippen molar-refractivity contribution in [3.05, 3.63) is 251 Å². The number of amides is 1. The van der Waals surface area contributed by atoms with Gasteiger partial charge in [0.2, 0.25) is 5.91 Å². The summed E-state index contributed by atoms with van der Waals surface area (Å²) in [5.74, 6) is 3.91. The second-order valence-corrected chi connectivity index (χ2v) is 37.5. The SMILES string of the molecule is CC(=O)OC[C@@H](CC(=O)O)C(C)C.CC(=O)OC[C@@H](Cc1ccccc1)C(C)C.CC(C)[C@@H](CO)Cc1ccccc1.CC(C)[C@@H]1COC(=O)C1Cc1ccccc1.CC(C)[C@H](Cc1ccccc1)C(=O)N(C)[C@@H](C)[C@@H](O)c1ccccc1.CC(C)[C@H]1COC(=O)C1.CCOC(=O)[C@H](Cc1ccccc1)[C@H](C)C(C)C.CCOC(=O)[C@H](Cc1ccccc1)[C@H](CBr)C(C)C. The van der Waals surface area contributed by atoms with Crippen molar-refractivity contribution in [2.24, 2.45) is 112 Å². The highest BCUT2D eigenvalue weighted by molar-refractivity contribution is 9.09. The summed E-state index contributed by atoms with van der Waals surface area (Å²) in [7, 11) is 1.79. The molecule has 7 aromatic rings. The molecular formula is C110H160BrNO17. The summed E-state index contributed by atoms with van der Waals surface area (Å²) in [4.78, 5) is 93.0. The van der Waals surface area contributed by atoms with Crippen molar-refractivity contribution >= 4 is 63.6 Å². The van der Waals surface area contributed by atoms with Crippen LogP contribution in [0.3, 0.4) is 0 Å². The van der Waals surface area contributed by atoms with E-state index >= 15 is 0 Å². The minimum absolute atomic E-state index is 0.0254. The van der Waals surface area contributed by atoms with Crippen LogP contribution >= 0.6 is 15.9 Å². The largest absolute Gasteiger partial charge is 0.481 e. The molecule has 1 unspecified atom stereocenters. The van der Waals surface area contributed by atoms with Gasteiger partial charge < -0.3 is 48.6 Å². The molecule has 129 heavy (non-hydrogen) atoms. The lowest BCUT2D eigenvalue weighted by Gasteiger charge is -2.33. The van der Waals surface area contributed by atoms with Gasteiger partial charge in [-0.2, -0.15) is 0 Å². The van der Waals surface area contributed by atoms with Crippen LogP contribution in [0, 0.1) is 112 Å². The van der Waals surface area contributed by atoms with Crippen LogP contribution in [0.1, 0.15) is 210 Å². The molecule has 0 radical (unpaired) electrons. The highest BCUT2D eigenvalue weighted by atomic mass is 79.9. The lowest BCUT2D eigenvalue weighted by molar-refractivity contribution is -0.151. The lowest BCUT2D eigenvalue weighted by atomic mass is 9.81. The standard InChI is InChI=1S/C22H29NO2.C16H23BrO2.C16H24O2.C14H18O2.C14H20O2.C12H18O.C9H16O4.C7H12O2/c1-16(2)20(15-18-11-7-5-8-12-18)22(25)23(4)17(3)21(24)19-13-9-6-10-14-19;1-4-19-16(18)14(15(11-17)12(2)3)10-13-8-6-5-7-9-13;1-5-18-16(17)15(13(4)12(2)3)11-14-9-7-6-8-10-14;1-10(2)13-9-16-14(15)12(13)8-11-6-4-3-5-7-11;1-11(2)14(10-16-12(3)15)9-13-7-5-4-6-8-13;1-10(2)12(9-13)8-11-6-4-3-5-7-11;1-6(2)8(4-9(11)12)5-13-7(3)10;1-5(2)6-3-7(8)9-4-6/h5-14,16-17,20-21,24H,15H2,1-4H3;5-9,12,14-15H,4,10-11H2,1-3H3;6-10,12-13,15H,5,11H2,1-4H3;3-7,10,12-13H,8-9H2,1-2H3;4-8,11,14H,9-10H2,1-3H3;3-7,10,12-13H,8-9H2,1-2H3;6,8H,4-5H2,1-3H3,(H,11,12);5-6H,3-4H2,1-2H3/t17-,20-,21+;14-,15-;13-,15-;12?,13-;14-;12-;8-;6-/m01101111/s1. The number of hydrogen-bond donors (Lipinski definition) is 3. The Hall–Kier alpha value is -9.30. The van der Waals surface area contributed by atoms with Gasteiger partial charge in [0.05, 0.1) is 82.4 Å². The molecule has 2 aliphatic rings. The van der Waals surface area contributed by atoms with Gasteiger partial charge in [0, 0.05) is 56.5 Å². The minimum atomic E-state index is -0.856. The molecule has 714 valence electrons. The summed E-state index contributed by atoms with van der Waals surface area (Å²) in [6, 6.07) is 70.5. The normalized spacial score (nSPS) is 16.1. The Morgan fingerprint density at radius 1 is 0.442 bits per heavy atom. The fourth-order valence-electron chi connectivity index (χ4n) is 14.7. The van der Waals surface area contributed by atoms with Gasteiger partial charge in [-0.25, -0.2) is 0 Å². The molecule has 2 fully saturated rings. The number of likely N-dealkylation sites (N-methyl/N-ethyl adjacent to an activating group) is 1. The van der Waals surface area contributed by atoms with Crippen LogP contribution in [0.2, 0.25) is 0 Å². The first-order valence-electron chi connectivity index (χ1n) is 46.8. The van der Waals surface area contributed by atoms with Gasteiger partial charge in [0.15, 0.2) is 0 Å². The zero-order chi connectivity index (χ0) is 96.7. The average Bonchev–Trinajstić information content (AvgIpc) is 1.52. The van der Waals surface area contributed by atoms with E-state index in [9.17, 15) is 43.5 Å². The number of aliphatic hydroxyl groups is 2. The molecule has 2 heterocycles. The van der Waals surface area contributed by atoms with Gasteiger partial charge in [0.1, 0.15) is 0 Å². The number of aliphatic carboxylic acids is 1. The van der Waals surface area contributed by atoms with Gasteiger partial charge in [-0.3, -0.25) is 38.4 Å². The summed E-state index contributed by atoms with van der Waals surface area (Å²) < 4.78 is 30.3. The molecular weight excluding hydrogens is 1690 g/mol. The number of benzene rings is 7. The van der Waals surface area contributed by atoms with E-state index in [1.165, 1.54) is 47.2 Å². The number of esters is 6. The number of carbonyl (C=O) groups excluding carboxylic acids is 7. The van der Waals surface area contributed by atoms with Crippen molar-refractivity contribution in [1.82, 2.24) is 4.90 Å². The first kappa shape index (κ1) is 116. The maximum absolute atomic E-state index is 13.1. The molecule has 1 amide bonds. The van der Waals surface area contributed by atoms with E-state index in [0.29, 0.717) is 110 Å². The van der Waals surface area contributed by atoms with Gasteiger partial charge >= 0.3 is 41.8 Å². The Kier molecular flexibility index (Phi) is 58.6. The molecule has 2 saturated heterocycles. The van der Waals surface area contributed by atoms with E-state index in [0.717, 1.165) is 49.4 Å². The predicted molar refractivity (Wildman–Crippen MR) is 523 cm³/mol. The molecule has 19 heteroatoms. The van der Waals surface area contributed by atoms with Crippen molar-refractivity contribution in [2.75, 3.05) is 58.6 Å². The van der Waals surface area contributed by atoms with Gasteiger partial charge in [0.25, 0.3) is 0 Å². The monoisotopic (exact) mass is 1850 g/mol. The summed E-state index contributed by atoms with van der Waals surface area (Å²) >= 11 is 3.54.